The summed E-state index contributed by atoms with van der Waals surface area (Å²) < 4.78 is 13.0. The molecule has 1 N–H and O–H groups in total. The van der Waals surface area contributed by atoms with Gasteiger partial charge in [0.25, 0.3) is 0 Å². The van der Waals surface area contributed by atoms with E-state index in [4.69, 9.17) is 14.5 Å². The molecule has 0 radical (unpaired) electrons. The summed E-state index contributed by atoms with van der Waals surface area (Å²) in [4.78, 5) is 4.72. The lowest BCUT2D eigenvalue weighted by atomic mass is 10.0. The Balaban J connectivity index is 1.80. The van der Waals surface area contributed by atoms with Crippen molar-refractivity contribution in [3.63, 3.8) is 0 Å². The number of rotatable bonds is 6. The lowest BCUT2D eigenvalue weighted by Crippen LogP contribution is -2.21. The molecule has 0 aliphatic heterocycles. The second kappa shape index (κ2) is 7.15. The van der Waals surface area contributed by atoms with E-state index in [1.807, 2.05) is 24.3 Å². The fourth-order valence-electron chi connectivity index (χ4n) is 3.27. The van der Waals surface area contributed by atoms with Gasteiger partial charge in [-0.3, -0.25) is 0 Å². The molecule has 0 fully saturated rings. The molecule has 1 heterocycles. The van der Waals surface area contributed by atoms with Crippen LogP contribution in [0.15, 0.2) is 36.4 Å². The maximum atomic E-state index is 5.51. The van der Waals surface area contributed by atoms with Crippen molar-refractivity contribution in [2.75, 3.05) is 14.2 Å². The highest BCUT2D eigenvalue weighted by Gasteiger charge is 2.16. The first-order valence-electron chi connectivity index (χ1n) is 8.42. The maximum Gasteiger partial charge on any atom is 0.163 e. The molecule has 0 aliphatic carbocycles. The molecule has 3 rings (SSSR count). The standard InChI is InChI=1S/C20H25N3O2/c1-13-15(10-11-18(24-4)20(13)25-5)14(2)21-12-19-22-16-8-6-7-9-17(16)23(19)3/h6-11,14,21H,12H2,1-5H3. The minimum absolute atomic E-state index is 0.166. The number of nitrogens with one attached hydrogen (secondary N) is 1. The van der Waals surface area contributed by atoms with Gasteiger partial charge in [0.1, 0.15) is 5.82 Å². The molecule has 0 bridgehead atoms. The number of aryl methyl sites for hydroxylation is 1. The van der Waals surface area contributed by atoms with E-state index < -0.39 is 0 Å². The van der Waals surface area contributed by atoms with Crippen LogP contribution in [0.2, 0.25) is 0 Å². The Morgan fingerprint density at radius 1 is 1.12 bits per heavy atom. The lowest BCUT2D eigenvalue weighted by Gasteiger charge is -2.20. The number of methoxy groups -OCH3 is 2. The molecule has 1 unspecified atom stereocenters. The summed E-state index contributed by atoms with van der Waals surface area (Å²) in [5.74, 6) is 2.56. The third kappa shape index (κ3) is 3.20. The molecular formula is C20H25N3O2. The van der Waals surface area contributed by atoms with Gasteiger partial charge in [0.15, 0.2) is 11.5 Å². The molecule has 0 spiro atoms. The summed E-state index contributed by atoms with van der Waals surface area (Å²) in [6, 6.07) is 12.4. The molecule has 5 nitrogen and oxygen atoms in total. The molecule has 5 heteroatoms. The van der Waals surface area contributed by atoms with Crippen LogP contribution >= 0.6 is 0 Å². The smallest absolute Gasteiger partial charge is 0.163 e. The molecule has 3 aromatic rings. The third-order valence-electron chi connectivity index (χ3n) is 4.75. The van der Waals surface area contributed by atoms with Gasteiger partial charge < -0.3 is 19.4 Å². The Morgan fingerprint density at radius 2 is 1.88 bits per heavy atom. The van der Waals surface area contributed by atoms with Crippen molar-refractivity contribution in [3.8, 4) is 11.5 Å². The molecule has 1 aromatic heterocycles. The second-order valence-electron chi connectivity index (χ2n) is 6.19. The first-order valence-corrected chi connectivity index (χ1v) is 8.42. The predicted octanol–water partition coefficient (Wildman–Crippen LogP) is 3.75. The molecular weight excluding hydrogens is 314 g/mol. The number of hydrogen-bond acceptors (Lipinski definition) is 4. The molecule has 2 aromatic carbocycles. The molecule has 0 amide bonds. The average molecular weight is 339 g/mol. The number of fused-ring (bicyclic) bond motifs is 1. The average Bonchev–Trinajstić information content (AvgIpc) is 2.95. The van der Waals surface area contributed by atoms with Gasteiger partial charge in [0, 0.05) is 13.1 Å². The van der Waals surface area contributed by atoms with E-state index in [0.717, 1.165) is 33.9 Å². The van der Waals surface area contributed by atoms with Crippen molar-refractivity contribution in [2.24, 2.45) is 7.05 Å². The Morgan fingerprint density at radius 3 is 2.56 bits per heavy atom. The van der Waals surface area contributed by atoms with Gasteiger partial charge >= 0.3 is 0 Å². The zero-order valence-electron chi connectivity index (χ0n) is 15.5. The van der Waals surface area contributed by atoms with E-state index in [-0.39, 0.29) is 6.04 Å². The van der Waals surface area contributed by atoms with Crippen LogP contribution in [0.25, 0.3) is 11.0 Å². The largest absolute Gasteiger partial charge is 0.493 e. The van der Waals surface area contributed by atoms with E-state index in [0.29, 0.717) is 6.54 Å². The molecule has 0 saturated heterocycles. The molecule has 0 aliphatic rings. The van der Waals surface area contributed by atoms with Crippen LogP contribution in [0.1, 0.15) is 29.9 Å². The monoisotopic (exact) mass is 339 g/mol. The van der Waals surface area contributed by atoms with Crippen molar-refractivity contribution >= 4 is 11.0 Å². The van der Waals surface area contributed by atoms with Crippen LogP contribution in [0.4, 0.5) is 0 Å². The first kappa shape index (κ1) is 17.3. The van der Waals surface area contributed by atoms with Crippen molar-refractivity contribution in [1.29, 1.82) is 0 Å². The Labute approximate surface area is 148 Å². The van der Waals surface area contributed by atoms with Crippen molar-refractivity contribution < 1.29 is 9.47 Å². The summed E-state index contributed by atoms with van der Waals surface area (Å²) >= 11 is 0. The number of ether oxygens (including phenoxy) is 2. The van der Waals surface area contributed by atoms with Crippen LogP contribution in [0.3, 0.4) is 0 Å². The zero-order valence-corrected chi connectivity index (χ0v) is 15.5. The van der Waals surface area contributed by atoms with Crippen molar-refractivity contribution in [3.05, 3.63) is 53.3 Å². The number of benzene rings is 2. The van der Waals surface area contributed by atoms with E-state index in [2.05, 4.69) is 42.9 Å². The topological polar surface area (TPSA) is 48.3 Å². The minimum Gasteiger partial charge on any atom is -0.493 e. The normalized spacial score (nSPS) is 12.4. The van der Waals surface area contributed by atoms with E-state index >= 15 is 0 Å². The Hall–Kier alpha value is -2.53. The highest BCUT2D eigenvalue weighted by molar-refractivity contribution is 5.75. The van der Waals surface area contributed by atoms with Gasteiger partial charge in [-0.1, -0.05) is 18.2 Å². The zero-order chi connectivity index (χ0) is 18.0. The molecule has 132 valence electrons. The van der Waals surface area contributed by atoms with Crippen LogP contribution in [-0.2, 0) is 13.6 Å². The number of nitrogens with zero attached hydrogens (tertiary/aromatic N) is 2. The number of aromatic nitrogens is 2. The lowest BCUT2D eigenvalue weighted by molar-refractivity contribution is 0.351. The van der Waals surface area contributed by atoms with Crippen LogP contribution in [0.5, 0.6) is 11.5 Å². The molecule has 0 saturated carbocycles. The quantitative estimate of drug-likeness (QED) is 0.743. The van der Waals surface area contributed by atoms with Crippen LogP contribution in [0, 0.1) is 6.92 Å². The number of para-hydroxylation sites is 2. The molecule has 25 heavy (non-hydrogen) atoms. The van der Waals surface area contributed by atoms with Gasteiger partial charge in [-0.25, -0.2) is 4.98 Å². The fourth-order valence-corrected chi connectivity index (χ4v) is 3.27. The number of imidazole rings is 1. The van der Waals surface area contributed by atoms with Crippen molar-refractivity contribution in [1.82, 2.24) is 14.9 Å². The van der Waals surface area contributed by atoms with E-state index in [9.17, 15) is 0 Å². The van der Waals surface area contributed by atoms with Crippen molar-refractivity contribution in [2.45, 2.75) is 26.4 Å². The van der Waals surface area contributed by atoms with Gasteiger partial charge in [-0.15, -0.1) is 0 Å². The van der Waals surface area contributed by atoms with E-state index in [1.54, 1.807) is 14.2 Å². The highest BCUT2D eigenvalue weighted by Crippen LogP contribution is 2.35. The Kier molecular flexibility index (Phi) is 4.95. The SMILES string of the molecule is COc1ccc(C(C)NCc2nc3ccccc3n2C)c(C)c1OC. The Bertz CT molecular complexity index is 886. The predicted molar refractivity (Wildman–Crippen MR) is 100 cm³/mol. The van der Waals surface area contributed by atoms with Gasteiger partial charge in [-0.05, 0) is 43.2 Å². The highest BCUT2D eigenvalue weighted by atomic mass is 16.5. The second-order valence-corrected chi connectivity index (χ2v) is 6.19. The summed E-state index contributed by atoms with van der Waals surface area (Å²) in [6.45, 7) is 4.90. The van der Waals surface area contributed by atoms with Crippen LogP contribution in [-0.4, -0.2) is 23.8 Å². The van der Waals surface area contributed by atoms with Gasteiger partial charge in [0.2, 0.25) is 0 Å². The molecule has 1 atom stereocenters. The fraction of sp³-hybridized carbons (Fsp3) is 0.350. The minimum atomic E-state index is 0.166. The summed E-state index contributed by atoms with van der Waals surface area (Å²) in [5.41, 5.74) is 4.45. The van der Waals surface area contributed by atoms with Crippen LogP contribution < -0.4 is 14.8 Å². The first-order chi connectivity index (χ1) is 12.1. The summed E-state index contributed by atoms with van der Waals surface area (Å²) in [7, 11) is 5.38. The summed E-state index contributed by atoms with van der Waals surface area (Å²) in [6.07, 6.45) is 0. The summed E-state index contributed by atoms with van der Waals surface area (Å²) in [5, 5.41) is 3.57. The van der Waals surface area contributed by atoms with Gasteiger partial charge in [0.05, 0.1) is 31.8 Å². The van der Waals surface area contributed by atoms with E-state index in [1.165, 1.54) is 5.56 Å². The third-order valence-corrected chi connectivity index (χ3v) is 4.75. The maximum absolute atomic E-state index is 5.51. The number of hydrogen-bond donors (Lipinski definition) is 1. The van der Waals surface area contributed by atoms with Gasteiger partial charge in [-0.2, -0.15) is 0 Å².